The average molecular weight is 522 g/mol. The lowest BCUT2D eigenvalue weighted by Gasteiger charge is -2.25. The van der Waals surface area contributed by atoms with Crippen LogP contribution in [0.4, 0.5) is 5.82 Å². The third-order valence-electron chi connectivity index (χ3n) is 6.99. The van der Waals surface area contributed by atoms with E-state index in [1.807, 2.05) is 18.5 Å². The van der Waals surface area contributed by atoms with Gasteiger partial charge in [0, 0.05) is 25.2 Å². The summed E-state index contributed by atoms with van der Waals surface area (Å²) in [4.78, 5) is 30.9. The van der Waals surface area contributed by atoms with Gasteiger partial charge in [0.1, 0.15) is 11.4 Å². The Morgan fingerprint density at radius 3 is 2.70 bits per heavy atom. The molecular formula is C26H28ClN7O3. The zero-order valence-electron chi connectivity index (χ0n) is 20.6. The number of anilines is 1. The Kier molecular flexibility index (Phi) is 6.43. The monoisotopic (exact) mass is 521 g/mol. The average Bonchev–Trinajstić information content (AvgIpc) is 3.31. The fourth-order valence-corrected chi connectivity index (χ4v) is 5.23. The standard InChI is InChI=1S/C26H28ClN7O3/c1-4-23(36)32-12-17(10-21(32)14(2)35)34-26(29-3)24(25(28)37)19(31-34)8-5-15-9-20-22(11-18(15)27)33(13-30-20)16-6-7-16/h4,9,11,13-14,16-17,21,29,35H,1,6-7,10,12H2,2-3H3,(H2,28,37)/t14?,17-,21+/m0/s1. The van der Waals surface area contributed by atoms with Gasteiger partial charge in [-0.15, -0.1) is 0 Å². The van der Waals surface area contributed by atoms with Crippen molar-refractivity contribution in [2.75, 3.05) is 18.9 Å². The molecule has 10 nitrogen and oxygen atoms in total. The Bertz CT molecular complexity index is 1470. The maximum Gasteiger partial charge on any atom is 0.255 e. The van der Waals surface area contributed by atoms with E-state index in [-0.39, 0.29) is 29.8 Å². The first-order valence-electron chi connectivity index (χ1n) is 12.1. The second kappa shape index (κ2) is 9.57. The number of imidazole rings is 1. The van der Waals surface area contributed by atoms with E-state index < -0.39 is 18.1 Å². The molecule has 0 spiro atoms. The largest absolute Gasteiger partial charge is 0.391 e. The molecule has 0 radical (unpaired) electrons. The first-order valence-corrected chi connectivity index (χ1v) is 12.5. The summed E-state index contributed by atoms with van der Waals surface area (Å²) in [6.07, 6.45) is 5.00. The number of fused-ring (bicyclic) bond motifs is 1. The van der Waals surface area contributed by atoms with E-state index in [0.29, 0.717) is 28.9 Å². The third kappa shape index (κ3) is 4.45. The van der Waals surface area contributed by atoms with E-state index in [0.717, 1.165) is 23.9 Å². The van der Waals surface area contributed by atoms with E-state index in [1.165, 1.54) is 6.08 Å². The Hall–Kier alpha value is -3.81. The first-order chi connectivity index (χ1) is 17.7. The van der Waals surface area contributed by atoms with Crippen LogP contribution in [0.5, 0.6) is 0 Å². The number of primary amides is 1. The topological polar surface area (TPSA) is 131 Å². The molecule has 3 aromatic rings. The van der Waals surface area contributed by atoms with Gasteiger partial charge in [0.05, 0.1) is 40.6 Å². The number of amides is 2. The van der Waals surface area contributed by atoms with Crippen molar-refractivity contribution in [2.24, 2.45) is 5.73 Å². The number of rotatable bonds is 6. The second-order valence-electron chi connectivity index (χ2n) is 9.48. The van der Waals surface area contributed by atoms with Crippen LogP contribution in [-0.2, 0) is 4.79 Å². The summed E-state index contributed by atoms with van der Waals surface area (Å²) in [6, 6.07) is 3.43. The molecule has 1 aliphatic carbocycles. The van der Waals surface area contributed by atoms with Gasteiger partial charge in [0.25, 0.3) is 5.91 Å². The number of carbonyl (C=O) groups excluding carboxylic acids is 2. The van der Waals surface area contributed by atoms with Gasteiger partial charge >= 0.3 is 0 Å². The molecule has 2 aliphatic rings. The number of hydrogen-bond donors (Lipinski definition) is 3. The number of nitrogens with two attached hydrogens (primary N) is 1. The highest BCUT2D eigenvalue weighted by Crippen LogP contribution is 2.38. The highest BCUT2D eigenvalue weighted by molar-refractivity contribution is 6.32. The van der Waals surface area contributed by atoms with Gasteiger partial charge < -0.3 is 25.6 Å². The zero-order chi connectivity index (χ0) is 26.4. The summed E-state index contributed by atoms with van der Waals surface area (Å²) >= 11 is 6.56. The number of carbonyl (C=O) groups is 2. The lowest BCUT2D eigenvalue weighted by Crippen LogP contribution is -2.40. The molecule has 192 valence electrons. The van der Waals surface area contributed by atoms with Crippen molar-refractivity contribution in [1.29, 1.82) is 0 Å². The minimum absolute atomic E-state index is 0.146. The molecule has 1 aliphatic heterocycles. The summed E-state index contributed by atoms with van der Waals surface area (Å²) in [7, 11) is 1.66. The van der Waals surface area contributed by atoms with E-state index in [1.54, 1.807) is 23.6 Å². The fraction of sp³-hybridized carbons (Fsp3) is 0.385. The molecule has 2 amide bonds. The molecule has 1 unspecified atom stereocenters. The Balaban J connectivity index is 1.53. The normalized spacial score (nSPS) is 19.9. The first kappa shape index (κ1) is 24.9. The van der Waals surface area contributed by atoms with Crippen molar-refractivity contribution in [2.45, 2.75) is 50.4 Å². The predicted octanol–water partition coefficient (Wildman–Crippen LogP) is 2.47. The quantitative estimate of drug-likeness (QED) is 0.337. The molecule has 0 bridgehead atoms. The van der Waals surface area contributed by atoms with E-state index >= 15 is 0 Å². The van der Waals surface area contributed by atoms with Crippen LogP contribution in [0, 0.1) is 11.8 Å². The lowest BCUT2D eigenvalue weighted by molar-refractivity contribution is -0.128. The Morgan fingerprint density at radius 2 is 2.08 bits per heavy atom. The number of hydrogen-bond acceptors (Lipinski definition) is 6. The summed E-state index contributed by atoms with van der Waals surface area (Å²) in [5.41, 5.74) is 8.38. The third-order valence-corrected chi connectivity index (χ3v) is 7.31. The van der Waals surface area contributed by atoms with Crippen LogP contribution in [0.15, 0.2) is 31.1 Å². The van der Waals surface area contributed by atoms with Crippen LogP contribution >= 0.6 is 11.6 Å². The van der Waals surface area contributed by atoms with Gasteiger partial charge in [-0.25, -0.2) is 9.67 Å². The summed E-state index contributed by atoms with van der Waals surface area (Å²) in [6.45, 7) is 5.48. The van der Waals surface area contributed by atoms with Gasteiger partial charge in [-0.2, -0.15) is 5.10 Å². The second-order valence-corrected chi connectivity index (χ2v) is 9.88. The van der Waals surface area contributed by atoms with Crippen LogP contribution in [0.1, 0.15) is 59.9 Å². The summed E-state index contributed by atoms with van der Waals surface area (Å²) in [5, 5.41) is 18.4. The van der Waals surface area contributed by atoms with Crippen molar-refractivity contribution in [3.8, 4) is 11.8 Å². The van der Waals surface area contributed by atoms with Gasteiger partial charge in [0.2, 0.25) is 5.91 Å². The number of aliphatic hydroxyl groups is 1. The number of likely N-dealkylation sites (tertiary alicyclic amines) is 1. The number of nitrogens with one attached hydrogen (secondary N) is 1. The van der Waals surface area contributed by atoms with Crippen LogP contribution in [0.3, 0.4) is 0 Å². The molecule has 11 heteroatoms. The molecule has 1 saturated carbocycles. The Morgan fingerprint density at radius 1 is 1.32 bits per heavy atom. The van der Waals surface area contributed by atoms with Crippen LogP contribution < -0.4 is 11.1 Å². The molecule has 37 heavy (non-hydrogen) atoms. The van der Waals surface area contributed by atoms with Crippen molar-refractivity contribution < 1.29 is 14.7 Å². The maximum absolute atomic E-state index is 12.5. The van der Waals surface area contributed by atoms with Gasteiger partial charge in [-0.3, -0.25) is 9.59 Å². The predicted molar refractivity (Wildman–Crippen MR) is 140 cm³/mol. The molecule has 2 aromatic heterocycles. The molecule has 2 fully saturated rings. The number of benzene rings is 1. The van der Waals surface area contributed by atoms with Crippen molar-refractivity contribution in [3.05, 3.63) is 53.0 Å². The van der Waals surface area contributed by atoms with Crippen molar-refractivity contribution in [1.82, 2.24) is 24.2 Å². The Labute approximate surface area is 219 Å². The molecule has 1 aromatic carbocycles. The highest BCUT2D eigenvalue weighted by atomic mass is 35.5. The minimum atomic E-state index is -0.752. The summed E-state index contributed by atoms with van der Waals surface area (Å²) in [5.74, 6) is 5.42. The highest BCUT2D eigenvalue weighted by Gasteiger charge is 2.40. The zero-order valence-corrected chi connectivity index (χ0v) is 21.4. The van der Waals surface area contributed by atoms with Crippen LogP contribution in [0.2, 0.25) is 5.02 Å². The smallest absolute Gasteiger partial charge is 0.255 e. The molecule has 1 saturated heterocycles. The van der Waals surface area contributed by atoms with Gasteiger partial charge in [0.15, 0.2) is 5.69 Å². The van der Waals surface area contributed by atoms with Crippen LogP contribution in [0.25, 0.3) is 11.0 Å². The molecular weight excluding hydrogens is 494 g/mol. The lowest BCUT2D eigenvalue weighted by atomic mass is 10.1. The molecule has 3 atom stereocenters. The van der Waals surface area contributed by atoms with E-state index in [9.17, 15) is 14.7 Å². The molecule has 5 rings (SSSR count). The van der Waals surface area contributed by atoms with Gasteiger partial charge in [-0.05, 0) is 50.3 Å². The molecule has 4 N–H and O–H groups in total. The number of aromatic nitrogens is 4. The summed E-state index contributed by atoms with van der Waals surface area (Å²) < 4.78 is 3.75. The number of halogens is 1. The maximum atomic E-state index is 12.5. The fourth-order valence-electron chi connectivity index (χ4n) is 5.02. The van der Waals surface area contributed by atoms with E-state index in [2.05, 4.69) is 38.4 Å². The van der Waals surface area contributed by atoms with Crippen LogP contribution in [-0.4, -0.2) is 66.9 Å². The van der Waals surface area contributed by atoms with Crippen molar-refractivity contribution in [3.63, 3.8) is 0 Å². The van der Waals surface area contributed by atoms with E-state index in [4.69, 9.17) is 17.3 Å². The minimum Gasteiger partial charge on any atom is -0.391 e. The number of aliphatic hydroxyl groups excluding tert-OH is 1. The number of nitrogens with zero attached hydrogens (tertiary/aromatic N) is 5. The van der Waals surface area contributed by atoms with Gasteiger partial charge in [-0.1, -0.05) is 24.1 Å². The molecule has 3 heterocycles. The SMILES string of the molecule is C=CC(=O)N1C[C@@H](n2nc(C#Cc3cc4ncn(C5CC5)c4cc3Cl)c(C(N)=O)c2NC)C[C@@H]1C(C)O. The van der Waals surface area contributed by atoms with Crippen molar-refractivity contribution >= 4 is 40.3 Å².